The fraction of sp³-hybridized carbons (Fsp3) is 0.350. The number of amides is 2. The Morgan fingerprint density at radius 3 is 2.68 bits per heavy atom. The Morgan fingerprint density at radius 1 is 1.20 bits per heavy atom. The van der Waals surface area contributed by atoms with Gasteiger partial charge in [-0.2, -0.15) is 0 Å². The van der Waals surface area contributed by atoms with Crippen molar-refractivity contribution in [1.29, 1.82) is 0 Å². The molecule has 0 atom stereocenters. The molecule has 132 valence electrons. The zero-order valence-corrected chi connectivity index (χ0v) is 15.3. The molecule has 1 heterocycles. The lowest BCUT2D eigenvalue weighted by Gasteiger charge is -2.17. The molecule has 2 rings (SSSR count). The van der Waals surface area contributed by atoms with Crippen molar-refractivity contribution in [1.82, 2.24) is 9.88 Å². The van der Waals surface area contributed by atoms with E-state index in [-0.39, 0.29) is 17.5 Å². The van der Waals surface area contributed by atoms with E-state index in [0.29, 0.717) is 12.1 Å². The summed E-state index contributed by atoms with van der Waals surface area (Å²) in [6, 6.07) is 8.93. The van der Waals surface area contributed by atoms with Crippen molar-refractivity contribution in [3.05, 3.63) is 58.9 Å². The van der Waals surface area contributed by atoms with Crippen LogP contribution >= 0.6 is 0 Å². The first-order valence-electron chi connectivity index (χ1n) is 8.53. The molecule has 1 aromatic heterocycles. The van der Waals surface area contributed by atoms with E-state index in [2.05, 4.69) is 17.2 Å². The summed E-state index contributed by atoms with van der Waals surface area (Å²) >= 11 is 0. The molecular weight excluding hydrogens is 314 g/mol. The maximum Gasteiger partial charge on any atom is 0.274 e. The average Bonchev–Trinajstić information content (AvgIpc) is 2.62. The Hall–Kier alpha value is -2.69. The van der Waals surface area contributed by atoms with Gasteiger partial charge in [-0.1, -0.05) is 25.5 Å². The molecule has 5 heteroatoms. The number of rotatable bonds is 6. The van der Waals surface area contributed by atoms with E-state index in [1.165, 1.54) is 6.20 Å². The summed E-state index contributed by atoms with van der Waals surface area (Å²) in [4.78, 5) is 30.7. The number of nitrogens with zero attached hydrogens (tertiary/aromatic N) is 2. The van der Waals surface area contributed by atoms with E-state index in [4.69, 9.17) is 0 Å². The van der Waals surface area contributed by atoms with Gasteiger partial charge >= 0.3 is 0 Å². The minimum atomic E-state index is -0.320. The number of aryl methyl sites for hydroxylation is 1. The van der Waals surface area contributed by atoms with Gasteiger partial charge in [0.25, 0.3) is 11.8 Å². The van der Waals surface area contributed by atoms with Crippen molar-refractivity contribution in [2.24, 2.45) is 0 Å². The number of pyridine rings is 1. The average molecular weight is 339 g/mol. The maximum atomic E-state index is 12.5. The van der Waals surface area contributed by atoms with Crippen molar-refractivity contribution in [2.75, 3.05) is 18.9 Å². The first kappa shape index (κ1) is 18.6. The topological polar surface area (TPSA) is 62.3 Å². The summed E-state index contributed by atoms with van der Waals surface area (Å²) in [5.41, 5.74) is 3.58. The molecular formula is C20H25N3O2. The number of carbonyl (C=O) groups is 2. The third-order valence-electron chi connectivity index (χ3n) is 4.29. The molecule has 0 spiro atoms. The normalized spacial score (nSPS) is 10.4. The SMILES string of the molecule is CCCCN(C)C(=O)c1ccnc(C(=O)Nc2cccc(C)c2C)c1. The van der Waals surface area contributed by atoms with Gasteiger partial charge < -0.3 is 10.2 Å². The second-order valence-electron chi connectivity index (χ2n) is 6.21. The van der Waals surface area contributed by atoms with Crippen LogP contribution in [-0.4, -0.2) is 35.3 Å². The number of unbranched alkanes of at least 4 members (excludes halogenated alkanes) is 1. The van der Waals surface area contributed by atoms with Crippen LogP contribution in [-0.2, 0) is 0 Å². The number of carbonyl (C=O) groups excluding carboxylic acids is 2. The van der Waals surface area contributed by atoms with Crippen LogP contribution in [0, 0.1) is 13.8 Å². The first-order chi connectivity index (χ1) is 11.9. The number of aromatic nitrogens is 1. The lowest BCUT2D eigenvalue weighted by Crippen LogP contribution is -2.28. The lowest BCUT2D eigenvalue weighted by molar-refractivity contribution is 0.0793. The van der Waals surface area contributed by atoms with Gasteiger partial charge in [0, 0.05) is 31.0 Å². The fourth-order valence-corrected chi connectivity index (χ4v) is 2.48. The van der Waals surface area contributed by atoms with Crippen molar-refractivity contribution < 1.29 is 9.59 Å². The molecule has 0 unspecified atom stereocenters. The van der Waals surface area contributed by atoms with E-state index in [9.17, 15) is 9.59 Å². The first-order valence-corrected chi connectivity index (χ1v) is 8.53. The predicted octanol–water partition coefficient (Wildman–Crippen LogP) is 3.82. The van der Waals surface area contributed by atoms with Gasteiger partial charge in [0.15, 0.2) is 0 Å². The highest BCUT2D eigenvalue weighted by molar-refractivity contribution is 6.05. The smallest absolute Gasteiger partial charge is 0.274 e. The molecule has 1 N–H and O–H groups in total. The monoisotopic (exact) mass is 339 g/mol. The van der Waals surface area contributed by atoms with Crippen LogP contribution in [0.5, 0.6) is 0 Å². The molecule has 0 saturated carbocycles. The zero-order valence-electron chi connectivity index (χ0n) is 15.3. The van der Waals surface area contributed by atoms with E-state index in [0.717, 1.165) is 29.7 Å². The summed E-state index contributed by atoms with van der Waals surface area (Å²) in [7, 11) is 1.77. The summed E-state index contributed by atoms with van der Waals surface area (Å²) in [5, 5.41) is 2.87. The molecule has 0 saturated heterocycles. The molecule has 5 nitrogen and oxygen atoms in total. The highest BCUT2D eigenvalue weighted by atomic mass is 16.2. The number of anilines is 1. The number of benzene rings is 1. The van der Waals surface area contributed by atoms with Gasteiger partial charge in [-0.25, -0.2) is 0 Å². The number of hydrogen-bond acceptors (Lipinski definition) is 3. The molecule has 0 radical (unpaired) electrons. The molecule has 0 aliphatic heterocycles. The minimum Gasteiger partial charge on any atom is -0.342 e. The van der Waals surface area contributed by atoms with Gasteiger partial charge in [-0.05, 0) is 49.6 Å². The predicted molar refractivity (Wildman–Crippen MR) is 100.0 cm³/mol. The summed E-state index contributed by atoms with van der Waals surface area (Å²) < 4.78 is 0. The van der Waals surface area contributed by atoms with Crippen molar-refractivity contribution in [3.63, 3.8) is 0 Å². The summed E-state index contributed by atoms with van der Waals surface area (Å²) in [6.07, 6.45) is 3.48. The highest BCUT2D eigenvalue weighted by Gasteiger charge is 2.15. The maximum absolute atomic E-state index is 12.5. The third kappa shape index (κ3) is 4.66. The van der Waals surface area contributed by atoms with Crippen LogP contribution in [0.25, 0.3) is 0 Å². The van der Waals surface area contributed by atoms with Gasteiger partial charge in [-0.3, -0.25) is 14.6 Å². The second kappa shape index (κ2) is 8.42. The number of hydrogen-bond donors (Lipinski definition) is 1. The molecule has 0 aliphatic rings. The van der Waals surface area contributed by atoms with Crippen LogP contribution in [0.3, 0.4) is 0 Å². The third-order valence-corrected chi connectivity index (χ3v) is 4.29. The van der Waals surface area contributed by atoms with Gasteiger partial charge in [-0.15, -0.1) is 0 Å². The van der Waals surface area contributed by atoms with E-state index >= 15 is 0 Å². The quantitative estimate of drug-likeness (QED) is 0.870. The van der Waals surface area contributed by atoms with Gasteiger partial charge in [0.1, 0.15) is 5.69 Å². The van der Waals surface area contributed by atoms with E-state index in [1.54, 1.807) is 24.1 Å². The Balaban J connectivity index is 2.16. The lowest BCUT2D eigenvalue weighted by atomic mass is 10.1. The molecule has 0 fully saturated rings. The molecule has 2 amide bonds. The molecule has 1 aromatic carbocycles. The van der Waals surface area contributed by atoms with Crippen LogP contribution in [0.15, 0.2) is 36.5 Å². The van der Waals surface area contributed by atoms with Crippen LogP contribution in [0.1, 0.15) is 51.7 Å². The minimum absolute atomic E-state index is 0.100. The van der Waals surface area contributed by atoms with Crippen molar-refractivity contribution in [2.45, 2.75) is 33.6 Å². The van der Waals surface area contributed by atoms with Crippen LogP contribution in [0.2, 0.25) is 0 Å². The summed E-state index contributed by atoms with van der Waals surface area (Å²) in [6.45, 7) is 6.73. The largest absolute Gasteiger partial charge is 0.342 e. The van der Waals surface area contributed by atoms with Gasteiger partial charge in [0.05, 0.1) is 0 Å². The molecule has 2 aromatic rings. The van der Waals surface area contributed by atoms with Crippen molar-refractivity contribution >= 4 is 17.5 Å². The Kier molecular flexibility index (Phi) is 6.28. The van der Waals surface area contributed by atoms with Crippen LogP contribution < -0.4 is 5.32 Å². The molecule has 0 aliphatic carbocycles. The van der Waals surface area contributed by atoms with Crippen LogP contribution in [0.4, 0.5) is 5.69 Å². The van der Waals surface area contributed by atoms with E-state index < -0.39 is 0 Å². The Bertz CT molecular complexity index is 771. The van der Waals surface area contributed by atoms with E-state index in [1.807, 2.05) is 32.0 Å². The molecule has 0 bridgehead atoms. The Labute approximate surface area is 149 Å². The molecule has 25 heavy (non-hydrogen) atoms. The number of nitrogens with one attached hydrogen (secondary N) is 1. The van der Waals surface area contributed by atoms with Gasteiger partial charge in [0.2, 0.25) is 0 Å². The zero-order chi connectivity index (χ0) is 18.4. The fourth-order valence-electron chi connectivity index (χ4n) is 2.48. The summed E-state index contributed by atoms with van der Waals surface area (Å²) in [5.74, 6) is -0.420. The van der Waals surface area contributed by atoms with Crippen molar-refractivity contribution in [3.8, 4) is 0 Å². The Morgan fingerprint density at radius 2 is 1.96 bits per heavy atom. The standard InChI is InChI=1S/C20H25N3O2/c1-5-6-12-23(4)20(25)16-10-11-21-18(13-16)19(24)22-17-9-7-8-14(2)15(17)3/h7-11,13H,5-6,12H2,1-4H3,(H,22,24). The highest BCUT2D eigenvalue weighted by Crippen LogP contribution is 2.18. The second-order valence-corrected chi connectivity index (χ2v) is 6.21.